The lowest BCUT2D eigenvalue weighted by Crippen LogP contribution is -1.91. The lowest BCUT2D eigenvalue weighted by molar-refractivity contribution is 0.669. The van der Waals surface area contributed by atoms with Gasteiger partial charge in [0.15, 0.2) is 0 Å². The van der Waals surface area contributed by atoms with Gasteiger partial charge in [0.25, 0.3) is 0 Å². The van der Waals surface area contributed by atoms with Crippen molar-refractivity contribution in [3.63, 3.8) is 0 Å². The largest absolute Gasteiger partial charge is 0.456 e. The first-order chi connectivity index (χ1) is 22.3. The van der Waals surface area contributed by atoms with Crippen LogP contribution in [0.4, 0.5) is 0 Å². The number of furan rings is 1. The van der Waals surface area contributed by atoms with Crippen molar-refractivity contribution in [2.24, 2.45) is 0 Å². The van der Waals surface area contributed by atoms with Gasteiger partial charge in [0.2, 0.25) is 0 Å². The van der Waals surface area contributed by atoms with Crippen molar-refractivity contribution in [3.05, 3.63) is 145 Å². The van der Waals surface area contributed by atoms with Crippen molar-refractivity contribution in [1.29, 1.82) is 0 Å². The van der Waals surface area contributed by atoms with Crippen LogP contribution in [0.5, 0.6) is 0 Å². The molecule has 1 heteroatoms. The zero-order valence-corrected chi connectivity index (χ0v) is 20.7. The zero-order valence-electron chi connectivity index (χ0n) is 27.7. The number of hydrogen-bond acceptors (Lipinski definition) is 1. The van der Waals surface area contributed by atoms with Crippen LogP contribution in [0.25, 0.3) is 76.9 Å². The maximum Gasteiger partial charge on any atom is 0.136 e. The van der Waals surface area contributed by atoms with Gasteiger partial charge in [-0.3, -0.25) is 0 Å². The Labute approximate surface area is 236 Å². The normalized spacial score (nSPS) is 14.1. The minimum absolute atomic E-state index is 0.0354. The van der Waals surface area contributed by atoms with E-state index in [9.17, 15) is 1.37 Å². The van der Waals surface area contributed by atoms with Crippen LogP contribution >= 0.6 is 0 Å². The average molecular weight is 504 g/mol. The standard InChI is InChI=1S/C38H24O/c1-2-11-25(12-3-1)26-21-23-27(24-22-26)36-28-13-4-6-15-30(28)37(31-16-7-5-14-29(31)36)33-18-10-20-35-38(33)32-17-8-9-19-34(32)39-35/h1-24H/i8D,9D,10D,17D,18D,19D,20D. The molecule has 0 bridgehead atoms. The summed E-state index contributed by atoms with van der Waals surface area (Å²) in [5.41, 5.74) is 5.08. The summed E-state index contributed by atoms with van der Waals surface area (Å²) in [6.45, 7) is 0. The molecule has 8 aromatic rings. The quantitative estimate of drug-likeness (QED) is 0.219. The summed E-state index contributed by atoms with van der Waals surface area (Å²) in [4.78, 5) is 0. The van der Waals surface area contributed by atoms with E-state index < -0.39 is 12.1 Å². The minimum atomic E-state index is -0.444. The van der Waals surface area contributed by atoms with Gasteiger partial charge in [-0.05, 0) is 67.0 Å². The molecule has 7 aromatic carbocycles. The molecule has 0 atom stereocenters. The Morgan fingerprint density at radius 2 is 0.949 bits per heavy atom. The van der Waals surface area contributed by atoms with Gasteiger partial charge in [0.05, 0.1) is 9.60 Å². The van der Waals surface area contributed by atoms with E-state index in [4.69, 9.17) is 12.6 Å². The highest BCUT2D eigenvalue weighted by atomic mass is 16.3. The molecule has 1 heterocycles. The van der Waals surface area contributed by atoms with E-state index in [1.807, 2.05) is 66.7 Å². The number of benzene rings is 7. The fourth-order valence-corrected chi connectivity index (χ4v) is 5.72. The van der Waals surface area contributed by atoms with Crippen molar-refractivity contribution < 1.29 is 14.0 Å². The molecule has 0 spiro atoms. The Hall–Kier alpha value is -5.14. The van der Waals surface area contributed by atoms with E-state index in [0.29, 0.717) is 11.1 Å². The van der Waals surface area contributed by atoms with Gasteiger partial charge < -0.3 is 4.42 Å². The van der Waals surface area contributed by atoms with Gasteiger partial charge in [-0.15, -0.1) is 0 Å². The summed E-state index contributed by atoms with van der Waals surface area (Å²) in [6.07, 6.45) is 0. The molecule has 0 unspecified atom stereocenters. The Morgan fingerprint density at radius 1 is 0.410 bits per heavy atom. The predicted octanol–water partition coefficient (Wildman–Crippen LogP) is 10.9. The van der Waals surface area contributed by atoms with E-state index in [1.165, 1.54) is 0 Å². The smallest absolute Gasteiger partial charge is 0.136 e. The summed E-state index contributed by atoms with van der Waals surface area (Å²) in [7, 11) is 0. The molecular weight excluding hydrogens is 472 g/mol. The third-order valence-electron chi connectivity index (χ3n) is 7.41. The fourth-order valence-electron chi connectivity index (χ4n) is 5.72. The molecule has 0 fully saturated rings. The molecule has 8 rings (SSSR count). The summed E-state index contributed by atoms with van der Waals surface area (Å²) in [5.74, 6) is 0. The van der Waals surface area contributed by atoms with Crippen LogP contribution in [0.2, 0.25) is 0 Å². The third-order valence-corrected chi connectivity index (χ3v) is 7.41. The Morgan fingerprint density at radius 3 is 1.64 bits per heavy atom. The van der Waals surface area contributed by atoms with Crippen molar-refractivity contribution in [3.8, 4) is 33.4 Å². The summed E-state index contributed by atoms with van der Waals surface area (Å²) >= 11 is 0. The molecule has 0 aliphatic heterocycles. The molecule has 0 saturated carbocycles. The highest BCUT2D eigenvalue weighted by Crippen LogP contribution is 2.46. The van der Waals surface area contributed by atoms with Gasteiger partial charge >= 0.3 is 0 Å². The Bertz CT molecular complexity index is 2480. The van der Waals surface area contributed by atoms with Crippen LogP contribution in [0.3, 0.4) is 0 Å². The monoisotopic (exact) mass is 503 g/mol. The molecule has 39 heavy (non-hydrogen) atoms. The zero-order chi connectivity index (χ0) is 31.9. The van der Waals surface area contributed by atoms with Crippen molar-refractivity contribution in [1.82, 2.24) is 0 Å². The molecule has 0 N–H and O–H groups in total. The third kappa shape index (κ3) is 3.41. The number of hydrogen-bond donors (Lipinski definition) is 0. The van der Waals surface area contributed by atoms with Crippen molar-refractivity contribution in [2.75, 3.05) is 0 Å². The van der Waals surface area contributed by atoms with Crippen LogP contribution in [0.1, 0.15) is 9.60 Å². The molecular formula is C38H24O. The van der Waals surface area contributed by atoms with Crippen LogP contribution < -0.4 is 0 Å². The molecule has 0 radical (unpaired) electrons. The molecule has 1 aromatic heterocycles. The molecule has 0 amide bonds. The second-order valence-electron chi connectivity index (χ2n) is 9.54. The van der Waals surface area contributed by atoms with Crippen molar-refractivity contribution >= 4 is 43.5 Å². The lowest BCUT2D eigenvalue weighted by Gasteiger charge is -2.18. The first-order valence-electron chi connectivity index (χ1n) is 16.3. The SMILES string of the molecule is [2H]c1c([2H])c([2H])c2c(oc3c([2H])c([2H])c([2H])c(-c4c5ccccc5c(-c5ccc(-c6ccccc6)cc5)c5ccccc45)c32)c1[2H]. The van der Waals surface area contributed by atoms with Gasteiger partial charge in [-0.1, -0.05) is 133 Å². The van der Waals surface area contributed by atoms with Gasteiger partial charge in [-0.25, -0.2) is 0 Å². The summed E-state index contributed by atoms with van der Waals surface area (Å²) in [5, 5.41) is 3.81. The molecule has 0 aliphatic carbocycles. The minimum Gasteiger partial charge on any atom is -0.456 e. The second kappa shape index (κ2) is 8.72. The summed E-state index contributed by atoms with van der Waals surface area (Å²) in [6, 6.07) is 32.0. The molecule has 1 nitrogen and oxygen atoms in total. The highest BCUT2D eigenvalue weighted by molar-refractivity contribution is 6.25. The van der Waals surface area contributed by atoms with Gasteiger partial charge in [0, 0.05) is 10.8 Å². The molecule has 0 aliphatic rings. The van der Waals surface area contributed by atoms with E-state index >= 15 is 0 Å². The van der Waals surface area contributed by atoms with Gasteiger partial charge in [0.1, 0.15) is 11.2 Å². The number of para-hydroxylation sites is 1. The summed E-state index contributed by atoms with van der Waals surface area (Å²) < 4.78 is 66.6. The lowest BCUT2D eigenvalue weighted by atomic mass is 9.84. The van der Waals surface area contributed by atoms with Crippen LogP contribution in [0, 0.1) is 0 Å². The predicted molar refractivity (Wildman–Crippen MR) is 165 cm³/mol. The second-order valence-corrected chi connectivity index (χ2v) is 9.54. The van der Waals surface area contributed by atoms with Crippen molar-refractivity contribution in [2.45, 2.75) is 0 Å². The highest BCUT2D eigenvalue weighted by Gasteiger charge is 2.19. The van der Waals surface area contributed by atoms with Crippen LogP contribution in [0.15, 0.2) is 150 Å². The fraction of sp³-hybridized carbons (Fsp3) is 0. The average Bonchev–Trinajstić information content (AvgIpc) is 3.50. The molecule has 182 valence electrons. The van der Waals surface area contributed by atoms with E-state index in [-0.39, 0.29) is 52.2 Å². The molecule has 0 saturated heterocycles. The maximum absolute atomic E-state index is 9.22. The van der Waals surface area contributed by atoms with E-state index in [1.54, 1.807) is 0 Å². The van der Waals surface area contributed by atoms with E-state index in [2.05, 4.69) is 36.4 Å². The van der Waals surface area contributed by atoms with Gasteiger partial charge in [-0.2, -0.15) is 0 Å². The van der Waals surface area contributed by atoms with Crippen LogP contribution in [-0.4, -0.2) is 0 Å². The van der Waals surface area contributed by atoms with E-state index in [0.717, 1.165) is 43.8 Å². The topological polar surface area (TPSA) is 13.1 Å². The Balaban J connectivity index is 1.53. The van der Waals surface area contributed by atoms with Crippen LogP contribution in [-0.2, 0) is 0 Å². The number of rotatable bonds is 3. The Kier molecular flexibility index (Phi) is 3.57. The first-order valence-corrected chi connectivity index (χ1v) is 12.8. The first kappa shape index (κ1) is 16.0. The maximum atomic E-state index is 9.22. The number of fused-ring (bicyclic) bond motifs is 5.